The minimum atomic E-state index is -0.765. The lowest BCUT2D eigenvalue weighted by Gasteiger charge is -2.36. The number of piperidine rings is 1. The van der Waals surface area contributed by atoms with Crippen LogP contribution in [0.2, 0.25) is 0 Å². The Morgan fingerprint density at radius 1 is 1.24 bits per heavy atom. The van der Waals surface area contributed by atoms with Crippen LogP contribution in [-0.4, -0.2) is 55.4 Å². The van der Waals surface area contributed by atoms with Crippen LogP contribution in [0, 0.1) is 10.8 Å². The molecule has 21 heavy (non-hydrogen) atoms. The van der Waals surface area contributed by atoms with Gasteiger partial charge in [-0.25, -0.2) is 4.79 Å². The van der Waals surface area contributed by atoms with Crippen molar-refractivity contribution in [2.75, 3.05) is 33.4 Å². The van der Waals surface area contributed by atoms with E-state index in [-0.39, 0.29) is 11.4 Å². The number of rotatable bonds is 6. The number of carbonyl (C=O) groups excluding carboxylic acids is 1. The smallest absolute Gasteiger partial charge is 0.317 e. The van der Waals surface area contributed by atoms with Crippen LogP contribution in [0.1, 0.15) is 39.0 Å². The van der Waals surface area contributed by atoms with Gasteiger partial charge in [-0.05, 0) is 44.4 Å². The Kier molecular flexibility index (Phi) is 4.76. The highest BCUT2D eigenvalue weighted by atomic mass is 16.5. The number of carboxylic acid groups (broad SMARTS) is 1. The summed E-state index contributed by atoms with van der Waals surface area (Å²) in [7, 11) is 1.70. The average molecular weight is 298 g/mol. The number of amides is 2. The topological polar surface area (TPSA) is 78.9 Å². The molecule has 0 aromatic carbocycles. The highest BCUT2D eigenvalue weighted by molar-refractivity contribution is 5.77. The third kappa shape index (κ3) is 3.87. The number of likely N-dealkylation sites (tertiary alicyclic amines) is 1. The molecule has 120 valence electrons. The fraction of sp³-hybridized carbons (Fsp3) is 0.867. The minimum Gasteiger partial charge on any atom is -0.481 e. The second-order valence-electron chi connectivity index (χ2n) is 6.75. The van der Waals surface area contributed by atoms with Crippen LogP contribution in [0.15, 0.2) is 0 Å². The number of nitrogens with one attached hydrogen (secondary N) is 1. The molecule has 1 aliphatic carbocycles. The SMILES string of the molecule is COCCC1(CNC(=O)N2CCC(C)(C(=O)O)CC2)CC1. The molecular weight excluding hydrogens is 272 g/mol. The zero-order chi connectivity index (χ0) is 15.5. The van der Waals surface area contributed by atoms with E-state index < -0.39 is 11.4 Å². The van der Waals surface area contributed by atoms with E-state index in [1.807, 2.05) is 0 Å². The van der Waals surface area contributed by atoms with E-state index in [1.54, 1.807) is 18.9 Å². The van der Waals surface area contributed by atoms with Gasteiger partial charge in [0.05, 0.1) is 5.41 Å². The van der Waals surface area contributed by atoms with Crippen LogP contribution < -0.4 is 5.32 Å². The summed E-state index contributed by atoms with van der Waals surface area (Å²) in [5, 5.41) is 12.2. The number of carbonyl (C=O) groups is 2. The van der Waals surface area contributed by atoms with Crippen LogP contribution in [0.25, 0.3) is 0 Å². The summed E-state index contributed by atoms with van der Waals surface area (Å²) < 4.78 is 5.11. The molecule has 2 aliphatic rings. The predicted octanol–water partition coefficient (Wildman–Crippen LogP) is 1.70. The minimum absolute atomic E-state index is 0.0638. The highest BCUT2D eigenvalue weighted by Crippen LogP contribution is 2.48. The first-order valence-corrected chi connectivity index (χ1v) is 7.66. The van der Waals surface area contributed by atoms with Crippen molar-refractivity contribution in [3.8, 4) is 0 Å². The van der Waals surface area contributed by atoms with Crippen LogP contribution >= 0.6 is 0 Å². The van der Waals surface area contributed by atoms with Gasteiger partial charge in [-0.15, -0.1) is 0 Å². The van der Waals surface area contributed by atoms with E-state index in [1.165, 1.54) is 0 Å². The standard InChI is InChI=1S/C15H26N2O4/c1-14(12(18)19)5-8-17(9-6-14)13(20)16-11-15(3-4-15)7-10-21-2/h3-11H2,1-2H3,(H,16,20)(H,18,19). The molecule has 0 aromatic heterocycles. The molecule has 0 radical (unpaired) electrons. The summed E-state index contributed by atoms with van der Waals surface area (Å²) in [4.78, 5) is 25.1. The van der Waals surface area contributed by atoms with Gasteiger partial charge < -0.3 is 20.1 Å². The van der Waals surface area contributed by atoms with Crippen LogP contribution in [0.3, 0.4) is 0 Å². The van der Waals surface area contributed by atoms with Crippen LogP contribution in [0.4, 0.5) is 4.79 Å². The van der Waals surface area contributed by atoms with Crippen LogP contribution in [-0.2, 0) is 9.53 Å². The van der Waals surface area contributed by atoms with E-state index in [4.69, 9.17) is 4.74 Å². The van der Waals surface area contributed by atoms with E-state index in [0.717, 1.165) is 25.9 Å². The summed E-state index contributed by atoms with van der Waals surface area (Å²) in [6.07, 6.45) is 4.32. The summed E-state index contributed by atoms with van der Waals surface area (Å²) >= 11 is 0. The van der Waals surface area contributed by atoms with Crippen molar-refractivity contribution in [1.29, 1.82) is 0 Å². The zero-order valence-electron chi connectivity index (χ0n) is 13.0. The lowest BCUT2D eigenvalue weighted by Crippen LogP contribution is -2.49. The number of aliphatic carboxylic acids is 1. The molecule has 0 atom stereocenters. The van der Waals surface area contributed by atoms with Gasteiger partial charge in [0, 0.05) is 33.4 Å². The van der Waals surface area contributed by atoms with E-state index in [0.29, 0.717) is 32.5 Å². The Bertz CT molecular complexity index is 398. The third-order valence-electron chi connectivity index (χ3n) is 5.08. The van der Waals surface area contributed by atoms with Gasteiger partial charge in [-0.1, -0.05) is 0 Å². The first-order valence-electron chi connectivity index (χ1n) is 7.66. The summed E-state index contributed by atoms with van der Waals surface area (Å²) in [6, 6.07) is -0.0638. The van der Waals surface area contributed by atoms with Crippen molar-refractivity contribution in [3.05, 3.63) is 0 Å². The predicted molar refractivity (Wildman–Crippen MR) is 78.1 cm³/mol. The van der Waals surface area contributed by atoms with E-state index in [9.17, 15) is 14.7 Å². The molecule has 0 bridgehead atoms. The number of methoxy groups -OCH3 is 1. The molecule has 6 nitrogen and oxygen atoms in total. The van der Waals surface area contributed by atoms with Crippen molar-refractivity contribution in [3.63, 3.8) is 0 Å². The quantitative estimate of drug-likeness (QED) is 0.782. The summed E-state index contributed by atoms with van der Waals surface area (Å²) in [5.74, 6) is -0.765. The molecule has 1 aliphatic heterocycles. The lowest BCUT2D eigenvalue weighted by atomic mass is 9.80. The van der Waals surface area contributed by atoms with E-state index >= 15 is 0 Å². The van der Waals surface area contributed by atoms with Crippen molar-refractivity contribution >= 4 is 12.0 Å². The number of ether oxygens (including phenoxy) is 1. The number of nitrogens with zero attached hydrogens (tertiary/aromatic N) is 1. The molecule has 0 unspecified atom stereocenters. The molecule has 2 N–H and O–H groups in total. The van der Waals surface area contributed by atoms with Gasteiger partial charge in [0.25, 0.3) is 0 Å². The zero-order valence-corrected chi connectivity index (χ0v) is 13.0. The molecule has 1 heterocycles. The normalized spacial score (nSPS) is 22.7. The first kappa shape index (κ1) is 16.1. The van der Waals surface area contributed by atoms with Gasteiger partial charge in [-0.2, -0.15) is 0 Å². The number of hydrogen-bond acceptors (Lipinski definition) is 3. The maximum atomic E-state index is 12.2. The fourth-order valence-electron chi connectivity index (χ4n) is 2.80. The fourth-order valence-corrected chi connectivity index (χ4v) is 2.80. The third-order valence-corrected chi connectivity index (χ3v) is 5.08. The Morgan fingerprint density at radius 2 is 1.86 bits per heavy atom. The highest BCUT2D eigenvalue weighted by Gasteiger charge is 2.43. The average Bonchev–Trinajstić information content (AvgIpc) is 3.24. The van der Waals surface area contributed by atoms with Crippen molar-refractivity contribution < 1.29 is 19.4 Å². The van der Waals surface area contributed by atoms with Gasteiger partial charge >= 0.3 is 12.0 Å². The van der Waals surface area contributed by atoms with Gasteiger partial charge in [0.1, 0.15) is 0 Å². The van der Waals surface area contributed by atoms with Crippen molar-refractivity contribution in [2.45, 2.75) is 39.0 Å². The molecule has 0 spiro atoms. The Labute approximate surface area is 125 Å². The summed E-state index contributed by atoms with van der Waals surface area (Å²) in [5.41, 5.74) is -0.454. The summed E-state index contributed by atoms with van der Waals surface area (Å²) in [6.45, 7) is 4.21. The van der Waals surface area contributed by atoms with Crippen molar-refractivity contribution in [2.24, 2.45) is 10.8 Å². The largest absolute Gasteiger partial charge is 0.481 e. The van der Waals surface area contributed by atoms with Gasteiger partial charge in [0.2, 0.25) is 0 Å². The van der Waals surface area contributed by atoms with E-state index in [2.05, 4.69) is 5.32 Å². The number of hydrogen-bond donors (Lipinski definition) is 2. The van der Waals surface area contributed by atoms with Gasteiger partial charge in [-0.3, -0.25) is 4.79 Å². The second-order valence-corrected chi connectivity index (χ2v) is 6.75. The Hall–Kier alpha value is -1.30. The monoisotopic (exact) mass is 298 g/mol. The van der Waals surface area contributed by atoms with Crippen molar-refractivity contribution in [1.82, 2.24) is 10.2 Å². The second kappa shape index (κ2) is 6.22. The maximum Gasteiger partial charge on any atom is 0.317 e. The Morgan fingerprint density at radius 3 is 2.33 bits per heavy atom. The molecule has 6 heteroatoms. The maximum absolute atomic E-state index is 12.2. The molecule has 1 saturated heterocycles. The molecule has 0 aromatic rings. The van der Waals surface area contributed by atoms with Gasteiger partial charge in [0.15, 0.2) is 0 Å². The molecule has 2 rings (SSSR count). The van der Waals surface area contributed by atoms with Crippen LogP contribution in [0.5, 0.6) is 0 Å². The first-order chi connectivity index (χ1) is 9.91. The lowest BCUT2D eigenvalue weighted by molar-refractivity contribution is -0.150. The molecule has 2 amide bonds. The molecule has 2 fully saturated rings. The molecule has 1 saturated carbocycles. The number of carboxylic acids is 1. The number of urea groups is 1. The molecular formula is C15H26N2O4. The Balaban J connectivity index is 1.74.